The van der Waals surface area contributed by atoms with Gasteiger partial charge < -0.3 is 15.4 Å². The van der Waals surface area contributed by atoms with E-state index < -0.39 is 6.03 Å². The topological polar surface area (TPSA) is 55.6 Å². The number of nitrogens with zero attached hydrogens (tertiary/aromatic N) is 1. The minimum absolute atomic E-state index is 0.282. The van der Waals surface area contributed by atoms with Crippen LogP contribution in [0, 0.1) is 11.7 Å². The van der Waals surface area contributed by atoms with Crippen molar-refractivity contribution in [1.82, 2.24) is 4.90 Å². The molecule has 0 spiro atoms. The molecule has 1 aromatic carbocycles. The Morgan fingerprint density at radius 2 is 2.06 bits per heavy atom. The molecule has 1 aliphatic rings. The van der Waals surface area contributed by atoms with E-state index in [0.29, 0.717) is 31.4 Å². The number of hydrogen-bond acceptors (Lipinski definition) is 2. The van der Waals surface area contributed by atoms with Crippen molar-refractivity contribution in [2.24, 2.45) is 11.7 Å². The van der Waals surface area contributed by atoms with Crippen LogP contribution in [0.4, 0.5) is 9.18 Å². The molecule has 1 aliphatic heterocycles. The molecule has 5 heteroatoms. The van der Waals surface area contributed by atoms with E-state index in [1.807, 2.05) is 0 Å². The molecular weight excluding hydrogens is 211 g/mol. The maximum Gasteiger partial charge on any atom is 0.314 e. The molecule has 2 rings (SSSR count). The van der Waals surface area contributed by atoms with E-state index in [-0.39, 0.29) is 5.82 Å². The van der Waals surface area contributed by atoms with Gasteiger partial charge in [0.25, 0.3) is 0 Å². The van der Waals surface area contributed by atoms with Crippen molar-refractivity contribution in [2.75, 3.05) is 19.7 Å². The summed E-state index contributed by atoms with van der Waals surface area (Å²) in [4.78, 5) is 12.3. The van der Waals surface area contributed by atoms with Crippen LogP contribution < -0.4 is 10.5 Å². The summed E-state index contributed by atoms with van der Waals surface area (Å²) in [7, 11) is 0. The Bertz CT molecular complexity index is 374. The summed E-state index contributed by atoms with van der Waals surface area (Å²) < 4.78 is 18.0. The molecule has 86 valence electrons. The lowest BCUT2D eigenvalue weighted by Crippen LogP contribution is -2.54. The fraction of sp³-hybridized carbons (Fsp3) is 0.364. The van der Waals surface area contributed by atoms with Gasteiger partial charge in [-0.25, -0.2) is 9.18 Å². The van der Waals surface area contributed by atoms with Gasteiger partial charge in [-0.15, -0.1) is 0 Å². The number of urea groups is 1. The molecule has 1 fully saturated rings. The van der Waals surface area contributed by atoms with Gasteiger partial charge in [0.2, 0.25) is 0 Å². The van der Waals surface area contributed by atoms with Crippen LogP contribution >= 0.6 is 0 Å². The van der Waals surface area contributed by atoms with Crippen molar-refractivity contribution >= 4 is 6.03 Å². The van der Waals surface area contributed by atoms with Crippen molar-refractivity contribution in [3.05, 3.63) is 30.1 Å². The first-order valence-corrected chi connectivity index (χ1v) is 5.08. The highest BCUT2D eigenvalue weighted by Gasteiger charge is 2.29. The first kappa shape index (κ1) is 10.7. The number of nitrogens with two attached hydrogens (primary N) is 1. The van der Waals surface area contributed by atoms with Crippen LogP contribution in [0.3, 0.4) is 0 Å². The van der Waals surface area contributed by atoms with Crippen LogP contribution in [-0.2, 0) is 0 Å². The molecule has 1 saturated heterocycles. The Morgan fingerprint density at radius 3 is 2.62 bits per heavy atom. The van der Waals surface area contributed by atoms with E-state index in [4.69, 9.17) is 10.5 Å². The van der Waals surface area contributed by atoms with Crippen LogP contribution in [0.1, 0.15) is 0 Å². The highest BCUT2D eigenvalue weighted by molar-refractivity contribution is 5.72. The lowest BCUT2D eigenvalue weighted by molar-refractivity contribution is 0.0903. The van der Waals surface area contributed by atoms with E-state index in [1.54, 1.807) is 17.0 Å². The molecular formula is C11H13FN2O2. The van der Waals surface area contributed by atoms with Gasteiger partial charge in [-0.3, -0.25) is 0 Å². The number of ether oxygens (including phenoxy) is 1. The third-order valence-corrected chi connectivity index (χ3v) is 2.57. The second-order valence-electron chi connectivity index (χ2n) is 3.87. The quantitative estimate of drug-likeness (QED) is 0.839. The minimum atomic E-state index is -0.391. The predicted octanol–water partition coefficient (Wildman–Crippen LogP) is 1.22. The smallest absolute Gasteiger partial charge is 0.314 e. The molecule has 0 atom stereocenters. The standard InChI is InChI=1S/C11H13FN2O2/c12-9-1-3-10(4-2-9)16-7-8-5-14(6-8)11(13)15/h1-4,8H,5-7H2,(H2,13,15). The second kappa shape index (κ2) is 4.38. The Morgan fingerprint density at radius 1 is 1.44 bits per heavy atom. The molecule has 0 saturated carbocycles. The highest BCUT2D eigenvalue weighted by atomic mass is 19.1. The number of likely N-dealkylation sites (tertiary alicyclic amines) is 1. The number of halogens is 1. The first-order chi connectivity index (χ1) is 7.65. The van der Waals surface area contributed by atoms with Gasteiger partial charge in [-0.05, 0) is 24.3 Å². The third kappa shape index (κ3) is 2.42. The summed E-state index contributed by atoms with van der Waals surface area (Å²) in [5.41, 5.74) is 5.09. The summed E-state index contributed by atoms with van der Waals surface area (Å²) in [6, 6.07) is 5.48. The average molecular weight is 224 g/mol. The van der Waals surface area contributed by atoms with Crippen molar-refractivity contribution in [1.29, 1.82) is 0 Å². The number of carbonyl (C=O) groups is 1. The van der Waals surface area contributed by atoms with Crippen LogP contribution in [0.2, 0.25) is 0 Å². The van der Waals surface area contributed by atoms with Crippen LogP contribution in [0.15, 0.2) is 24.3 Å². The third-order valence-electron chi connectivity index (χ3n) is 2.57. The summed E-state index contributed by atoms with van der Waals surface area (Å²) in [6.45, 7) is 1.79. The summed E-state index contributed by atoms with van der Waals surface area (Å²) in [5.74, 6) is 0.673. The maximum atomic E-state index is 12.6. The molecule has 16 heavy (non-hydrogen) atoms. The number of primary amides is 1. The molecule has 0 unspecified atom stereocenters. The average Bonchev–Trinajstić information content (AvgIpc) is 2.18. The van der Waals surface area contributed by atoms with Crippen molar-refractivity contribution < 1.29 is 13.9 Å². The largest absolute Gasteiger partial charge is 0.493 e. The Labute approximate surface area is 92.8 Å². The van der Waals surface area contributed by atoms with Gasteiger partial charge in [0.15, 0.2) is 0 Å². The molecule has 0 radical (unpaired) electrons. The van der Waals surface area contributed by atoms with Gasteiger partial charge in [-0.2, -0.15) is 0 Å². The molecule has 0 aromatic heterocycles. The lowest BCUT2D eigenvalue weighted by Gasteiger charge is -2.37. The maximum absolute atomic E-state index is 12.6. The Balaban J connectivity index is 1.73. The van der Waals surface area contributed by atoms with Crippen molar-refractivity contribution in [3.8, 4) is 5.75 Å². The zero-order valence-corrected chi connectivity index (χ0v) is 8.73. The predicted molar refractivity (Wildman–Crippen MR) is 56.5 cm³/mol. The van der Waals surface area contributed by atoms with E-state index in [9.17, 15) is 9.18 Å². The molecule has 2 N–H and O–H groups in total. The number of benzene rings is 1. The van der Waals surface area contributed by atoms with Crippen molar-refractivity contribution in [3.63, 3.8) is 0 Å². The van der Waals surface area contributed by atoms with Crippen LogP contribution in [0.5, 0.6) is 5.75 Å². The fourth-order valence-electron chi connectivity index (χ4n) is 1.60. The molecule has 1 heterocycles. The first-order valence-electron chi connectivity index (χ1n) is 5.08. The fourth-order valence-corrected chi connectivity index (χ4v) is 1.60. The normalized spacial score (nSPS) is 15.7. The Hall–Kier alpha value is -1.78. The zero-order valence-electron chi connectivity index (χ0n) is 8.73. The second-order valence-corrected chi connectivity index (χ2v) is 3.87. The van der Waals surface area contributed by atoms with E-state index in [0.717, 1.165) is 0 Å². The summed E-state index contributed by atoms with van der Waals surface area (Å²) in [5, 5.41) is 0. The van der Waals surface area contributed by atoms with Gasteiger partial charge in [0.1, 0.15) is 11.6 Å². The van der Waals surface area contributed by atoms with Gasteiger partial charge >= 0.3 is 6.03 Å². The molecule has 1 aromatic rings. The van der Waals surface area contributed by atoms with Crippen molar-refractivity contribution in [2.45, 2.75) is 0 Å². The highest BCUT2D eigenvalue weighted by Crippen LogP contribution is 2.17. The summed E-state index contributed by atoms with van der Waals surface area (Å²) in [6.07, 6.45) is 0. The molecule has 4 nitrogen and oxygen atoms in total. The Kier molecular flexibility index (Phi) is 2.94. The van der Waals surface area contributed by atoms with Crippen LogP contribution in [0.25, 0.3) is 0 Å². The molecule has 0 bridgehead atoms. The number of hydrogen-bond donors (Lipinski definition) is 1. The number of carbonyl (C=O) groups excluding carboxylic acids is 1. The van der Waals surface area contributed by atoms with E-state index in [1.165, 1.54) is 12.1 Å². The van der Waals surface area contributed by atoms with E-state index in [2.05, 4.69) is 0 Å². The van der Waals surface area contributed by atoms with Gasteiger partial charge in [-0.1, -0.05) is 0 Å². The van der Waals surface area contributed by atoms with Gasteiger partial charge in [0.05, 0.1) is 6.61 Å². The minimum Gasteiger partial charge on any atom is -0.493 e. The van der Waals surface area contributed by atoms with E-state index >= 15 is 0 Å². The SMILES string of the molecule is NC(=O)N1CC(COc2ccc(F)cc2)C1. The van der Waals surface area contributed by atoms with Crippen LogP contribution in [-0.4, -0.2) is 30.6 Å². The number of rotatable bonds is 3. The molecule has 0 aliphatic carbocycles. The lowest BCUT2D eigenvalue weighted by atomic mass is 10.0. The molecule has 2 amide bonds. The number of amides is 2. The monoisotopic (exact) mass is 224 g/mol. The summed E-state index contributed by atoms with van der Waals surface area (Å²) >= 11 is 0. The van der Waals surface area contributed by atoms with Gasteiger partial charge in [0, 0.05) is 19.0 Å². The zero-order chi connectivity index (χ0) is 11.5.